The van der Waals surface area contributed by atoms with E-state index in [0.29, 0.717) is 28.2 Å². The summed E-state index contributed by atoms with van der Waals surface area (Å²) in [5, 5.41) is -0.149. The van der Waals surface area contributed by atoms with Gasteiger partial charge in [0.25, 0.3) is 0 Å². The van der Waals surface area contributed by atoms with Crippen molar-refractivity contribution < 1.29 is 64.1 Å². The Balaban J connectivity index is 1.61. The molecule has 2 aromatic heterocycles. The van der Waals surface area contributed by atoms with Crippen LogP contribution in [0.4, 0.5) is 0 Å². The van der Waals surface area contributed by atoms with Gasteiger partial charge >= 0.3 is 15.6 Å². The Morgan fingerprint density at radius 2 is 1.02 bits per heavy atom. The van der Waals surface area contributed by atoms with Crippen LogP contribution in [0.2, 0.25) is 0 Å². The molecule has 6 aromatic rings. The molecule has 18 heteroatoms. The van der Waals surface area contributed by atoms with Crippen LogP contribution >= 0.6 is 15.6 Å². The van der Waals surface area contributed by atoms with Gasteiger partial charge in [-0.3, -0.25) is 27.7 Å². The molecule has 318 valence electrons. The Labute approximate surface area is 345 Å². The summed E-state index contributed by atoms with van der Waals surface area (Å²) >= 11 is 0. The third-order valence-electron chi connectivity index (χ3n) is 8.85. The lowest BCUT2D eigenvalue weighted by Crippen LogP contribution is -2.08. The van der Waals surface area contributed by atoms with Crippen LogP contribution in [0.5, 0.6) is 34.5 Å². The van der Waals surface area contributed by atoms with Crippen LogP contribution in [0.15, 0.2) is 91.2 Å². The van der Waals surface area contributed by atoms with Crippen LogP contribution < -0.4 is 38.9 Å². The summed E-state index contributed by atoms with van der Waals surface area (Å²) in [4.78, 5) is 28.2. The molecule has 0 amide bonds. The van der Waals surface area contributed by atoms with E-state index in [9.17, 15) is 18.7 Å². The topological polar surface area (TPSA) is 187 Å². The number of phosphoric acid groups is 2. The van der Waals surface area contributed by atoms with E-state index in [1.807, 2.05) is 0 Å². The van der Waals surface area contributed by atoms with Crippen molar-refractivity contribution in [1.82, 2.24) is 0 Å². The number of fused-ring (bicyclic) bond motifs is 2. The van der Waals surface area contributed by atoms with Crippen molar-refractivity contribution in [2.75, 3.05) is 54.9 Å². The monoisotopic (exact) mass is 866 g/mol. The number of rotatable bonds is 19. The number of ether oxygens (including phenoxy) is 4. The molecule has 0 unspecified atom stereocenters. The minimum atomic E-state index is -4.24. The number of hydrogen-bond acceptors (Lipinski definition) is 16. The first-order valence-electron chi connectivity index (χ1n) is 18.7. The summed E-state index contributed by atoms with van der Waals surface area (Å²) in [6.07, 6.45) is 0. The van der Waals surface area contributed by atoms with Gasteiger partial charge in [0.05, 0.1) is 60.4 Å². The van der Waals surface area contributed by atoms with Crippen molar-refractivity contribution in [1.29, 1.82) is 0 Å². The van der Waals surface area contributed by atoms with Crippen molar-refractivity contribution >= 4 is 37.6 Å². The molecule has 6 rings (SSSR count). The van der Waals surface area contributed by atoms with Gasteiger partial charge in [-0.15, -0.1) is 0 Å². The normalized spacial score (nSPS) is 11.8. The van der Waals surface area contributed by atoms with Gasteiger partial charge in [0.2, 0.25) is 0 Å². The fourth-order valence-corrected chi connectivity index (χ4v) is 8.73. The molecule has 0 fully saturated rings. The van der Waals surface area contributed by atoms with Crippen LogP contribution in [-0.4, -0.2) is 54.9 Å². The van der Waals surface area contributed by atoms with Crippen molar-refractivity contribution in [3.63, 3.8) is 0 Å². The summed E-state index contributed by atoms with van der Waals surface area (Å²) in [5.74, 6) is 1.19. The molecule has 0 aliphatic heterocycles. The number of methoxy groups -OCH3 is 4. The van der Waals surface area contributed by atoms with Crippen LogP contribution in [0, 0.1) is 0 Å². The molecule has 0 atom stereocenters. The Hall–Kier alpha value is -5.60. The highest BCUT2D eigenvalue weighted by Crippen LogP contribution is 2.54. The molecule has 0 saturated carbocycles. The maximum absolute atomic E-state index is 14.2. The molecule has 16 nitrogen and oxygen atoms in total. The predicted molar refractivity (Wildman–Crippen MR) is 224 cm³/mol. The summed E-state index contributed by atoms with van der Waals surface area (Å²) in [7, 11) is -2.58. The molecule has 0 spiro atoms. The molecule has 60 heavy (non-hydrogen) atoms. The van der Waals surface area contributed by atoms with Gasteiger partial charge in [-0.05, 0) is 70.2 Å². The molecule has 0 radical (unpaired) electrons. The summed E-state index contributed by atoms with van der Waals surface area (Å²) < 4.78 is 95.5. The standard InChI is InChI=1S/C42H44O16P2/c1-9-51-59(45,52-10-2)57-37-21-28(48-6)20-36-40(37)30(43)22-34(55-36)26-15-18-32(49-7)29(19-26)39-35(50-8)24-38(58-60(46,53-11-3)54-12-4)41-31(44)23-33(56-42(39)41)25-13-16-27(47-5)17-14-25/h13-24H,9-12H2,1-8H3. The molecular formula is C42H44O16P2. The van der Waals surface area contributed by atoms with Gasteiger partial charge in [-0.2, -0.15) is 0 Å². The van der Waals surface area contributed by atoms with Crippen molar-refractivity contribution in [3.8, 4) is 68.3 Å². The Bertz CT molecular complexity index is 2700. The van der Waals surface area contributed by atoms with Crippen LogP contribution in [0.3, 0.4) is 0 Å². The second kappa shape index (κ2) is 18.8. The lowest BCUT2D eigenvalue weighted by Gasteiger charge is -2.21. The Morgan fingerprint density at radius 3 is 1.55 bits per heavy atom. The van der Waals surface area contributed by atoms with E-state index in [0.717, 1.165) is 0 Å². The number of benzene rings is 4. The third kappa shape index (κ3) is 9.09. The van der Waals surface area contributed by atoms with Gasteiger partial charge < -0.3 is 36.8 Å². The van der Waals surface area contributed by atoms with Crippen LogP contribution in [-0.2, 0) is 27.2 Å². The highest BCUT2D eigenvalue weighted by Gasteiger charge is 2.33. The summed E-state index contributed by atoms with van der Waals surface area (Å²) in [6.45, 7) is 6.49. The van der Waals surface area contributed by atoms with E-state index in [1.165, 1.54) is 58.8 Å². The van der Waals surface area contributed by atoms with Gasteiger partial charge in [0, 0.05) is 47.0 Å². The Morgan fingerprint density at radius 1 is 0.500 bits per heavy atom. The zero-order valence-corrected chi connectivity index (χ0v) is 36.0. The van der Waals surface area contributed by atoms with E-state index < -0.39 is 26.5 Å². The molecular weight excluding hydrogens is 822 g/mol. The van der Waals surface area contributed by atoms with E-state index in [4.69, 9.17) is 54.9 Å². The van der Waals surface area contributed by atoms with Crippen LogP contribution in [0.25, 0.3) is 55.7 Å². The van der Waals surface area contributed by atoms with Crippen molar-refractivity contribution in [2.24, 2.45) is 0 Å². The zero-order valence-electron chi connectivity index (χ0n) is 34.2. The Kier molecular flexibility index (Phi) is 13.7. The largest absolute Gasteiger partial charge is 0.530 e. The van der Waals surface area contributed by atoms with Gasteiger partial charge in [-0.25, -0.2) is 9.13 Å². The fraction of sp³-hybridized carbons (Fsp3) is 0.286. The van der Waals surface area contributed by atoms with Crippen molar-refractivity contribution in [2.45, 2.75) is 27.7 Å². The summed E-state index contributed by atoms with van der Waals surface area (Å²) in [5.41, 5.74) is 0.394. The average Bonchev–Trinajstić information content (AvgIpc) is 3.23. The highest BCUT2D eigenvalue weighted by molar-refractivity contribution is 7.49. The highest BCUT2D eigenvalue weighted by atomic mass is 31.2. The van der Waals surface area contributed by atoms with Gasteiger partial charge in [0.15, 0.2) is 16.4 Å². The van der Waals surface area contributed by atoms with Crippen LogP contribution in [0.1, 0.15) is 27.7 Å². The summed E-state index contributed by atoms with van der Waals surface area (Å²) in [6, 6.07) is 18.6. The molecule has 2 heterocycles. The first-order valence-corrected chi connectivity index (χ1v) is 21.6. The lowest BCUT2D eigenvalue weighted by molar-refractivity contribution is 0.166. The number of hydrogen-bond donors (Lipinski definition) is 0. The third-order valence-corrected chi connectivity index (χ3v) is 12.0. The maximum atomic E-state index is 14.2. The molecule has 0 aliphatic carbocycles. The van der Waals surface area contributed by atoms with Gasteiger partial charge in [0.1, 0.15) is 62.4 Å². The minimum absolute atomic E-state index is 0.0150. The first kappa shape index (κ1) is 44.0. The molecule has 0 N–H and O–H groups in total. The minimum Gasteiger partial charge on any atom is -0.497 e. The second-order valence-electron chi connectivity index (χ2n) is 12.5. The SMILES string of the molecule is CCOP(=O)(OCC)Oc1cc(OC)cc2oc(-c3ccc(OC)c(-c4c(OC)cc(OP(=O)(OCC)OCC)c5c(=O)cc(-c6ccc(OC)cc6)oc45)c3)cc(=O)c12. The first-order chi connectivity index (χ1) is 28.9. The predicted octanol–water partition coefficient (Wildman–Crippen LogP) is 10.1. The van der Waals surface area contributed by atoms with Crippen molar-refractivity contribution in [3.05, 3.63) is 93.2 Å². The van der Waals surface area contributed by atoms with E-state index >= 15 is 0 Å². The quantitative estimate of drug-likeness (QED) is 0.0699. The molecule has 0 saturated heterocycles. The van der Waals surface area contributed by atoms with E-state index in [1.54, 1.807) is 70.2 Å². The lowest BCUT2D eigenvalue weighted by atomic mass is 9.96. The molecule has 0 bridgehead atoms. The fourth-order valence-electron chi connectivity index (χ4n) is 6.33. The molecule has 0 aliphatic rings. The number of phosphoric ester groups is 2. The smallest absolute Gasteiger partial charge is 0.497 e. The van der Waals surface area contributed by atoms with E-state index in [2.05, 4.69) is 0 Å². The zero-order chi connectivity index (χ0) is 43.2. The van der Waals surface area contributed by atoms with Gasteiger partial charge in [-0.1, -0.05) is 0 Å². The van der Waals surface area contributed by atoms with E-state index in [-0.39, 0.29) is 88.4 Å². The maximum Gasteiger partial charge on any atom is 0.530 e. The molecule has 4 aromatic carbocycles. The second-order valence-corrected chi connectivity index (χ2v) is 15.7. The average molecular weight is 867 g/mol.